The lowest BCUT2D eigenvalue weighted by molar-refractivity contribution is 0.299. The number of oxime groups is 1. The van der Waals surface area contributed by atoms with Gasteiger partial charge in [-0.05, 0) is 12.8 Å². The normalized spacial score (nSPS) is 20.7. The molecular formula is C12H21N5O3S. The van der Waals surface area contributed by atoms with Crippen LogP contribution in [0.1, 0.15) is 44.9 Å². The maximum Gasteiger partial charge on any atom is 0.244 e. The van der Waals surface area contributed by atoms with Crippen molar-refractivity contribution >= 4 is 15.9 Å². The Bertz CT molecular complexity index is 574. The van der Waals surface area contributed by atoms with Crippen molar-refractivity contribution in [2.75, 3.05) is 0 Å². The average molecular weight is 315 g/mol. The Morgan fingerprint density at radius 3 is 2.48 bits per heavy atom. The highest BCUT2D eigenvalue weighted by molar-refractivity contribution is 7.89. The molecule has 0 aliphatic heterocycles. The Morgan fingerprint density at radius 1 is 1.33 bits per heavy atom. The maximum atomic E-state index is 12.4. The molecular weight excluding hydrogens is 294 g/mol. The molecule has 118 valence electrons. The van der Waals surface area contributed by atoms with Crippen molar-refractivity contribution < 1.29 is 13.6 Å². The van der Waals surface area contributed by atoms with E-state index in [4.69, 9.17) is 10.9 Å². The topological polar surface area (TPSA) is 133 Å². The molecule has 1 saturated carbocycles. The van der Waals surface area contributed by atoms with Crippen LogP contribution in [0.3, 0.4) is 0 Å². The van der Waals surface area contributed by atoms with E-state index < -0.39 is 15.6 Å². The Morgan fingerprint density at radius 2 is 1.95 bits per heavy atom. The Labute approximate surface area is 123 Å². The predicted octanol–water partition coefficient (Wildman–Crippen LogP) is 0.917. The van der Waals surface area contributed by atoms with Crippen molar-refractivity contribution in [2.24, 2.45) is 10.9 Å². The fraction of sp³-hybridized carbons (Fsp3) is 0.667. The SMILES string of the molecule is N/C(=N/O)C1(NS(=O)(=O)c2cn[nH]c2)CCCCCCC1. The summed E-state index contributed by atoms with van der Waals surface area (Å²) in [7, 11) is -3.77. The number of aromatic amines is 1. The third kappa shape index (κ3) is 3.53. The number of rotatable bonds is 4. The molecule has 1 aliphatic rings. The Kier molecular flexibility index (Phi) is 4.84. The van der Waals surface area contributed by atoms with E-state index in [0.29, 0.717) is 12.8 Å². The van der Waals surface area contributed by atoms with Gasteiger partial charge in [-0.15, -0.1) is 0 Å². The number of nitrogens with zero attached hydrogens (tertiary/aromatic N) is 2. The first-order chi connectivity index (χ1) is 10.0. The summed E-state index contributed by atoms with van der Waals surface area (Å²) < 4.78 is 27.5. The van der Waals surface area contributed by atoms with Gasteiger partial charge in [-0.3, -0.25) is 5.10 Å². The minimum absolute atomic E-state index is 0.0367. The van der Waals surface area contributed by atoms with Gasteiger partial charge >= 0.3 is 0 Å². The highest BCUT2D eigenvalue weighted by Crippen LogP contribution is 2.28. The molecule has 2 rings (SSSR count). The van der Waals surface area contributed by atoms with Crippen molar-refractivity contribution in [3.05, 3.63) is 12.4 Å². The molecule has 21 heavy (non-hydrogen) atoms. The van der Waals surface area contributed by atoms with E-state index in [1.807, 2.05) is 0 Å². The highest BCUT2D eigenvalue weighted by Gasteiger charge is 2.39. The minimum atomic E-state index is -3.77. The second-order valence-electron chi connectivity index (χ2n) is 5.37. The summed E-state index contributed by atoms with van der Waals surface area (Å²) in [5, 5.41) is 18.2. The lowest BCUT2D eigenvalue weighted by atomic mass is 9.84. The molecule has 9 heteroatoms. The first-order valence-electron chi connectivity index (χ1n) is 7.01. The standard InChI is InChI=1S/C12H21N5O3S/c13-11(16-18)12(6-4-2-1-3-5-7-12)17-21(19,20)10-8-14-15-9-10/h8-9,17-18H,1-7H2,(H2,13,16)(H,14,15). The van der Waals surface area contributed by atoms with Gasteiger partial charge in [-0.25, -0.2) is 8.42 Å². The first-order valence-corrected chi connectivity index (χ1v) is 8.49. The van der Waals surface area contributed by atoms with Gasteiger partial charge in [0.25, 0.3) is 0 Å². The van der Waals surface area contributed by atoms with Crippen LogP contribution in [0.15, 0.2) is 22.4 Å². The zero-order chi connectivity index (χ0) is 15.3. The van der Waals surface area contributed by atoms with E-state index >= 15 is 0 Å². The molecule has 0 spiro atoms. The zero-order valence-corrected chi connectivity index (χ0v) is 12.6. The first kappa shape index (κ1) is 15.8. The minimum Gasteiger partial charge on any atom is -0.409 e. The van der Waals surface area contributed by atoms with E-state index in [1.54, 1.807) is 0 Å². The molecule has 1 heterocycles. The molecule has 1 aromatic rings. The van der Waals surface area contributed by atoms with Crippen LogP contribution in [0.4, 0.5) is 0 Å². The number of aromatic nitrogens is 2. The lowest BCUT2D eigenvalue weighted by Crippen LogP contribution is -2.57. The number of hydrogen-bond donors (Lipinski definition) is 4. The van der Waals surface area contributed by atoms with E-state index in [0.717, 1.165) is 32.1 Å². The lowest BCUT2D eigenvalue weighted by Gasteiger charge is -2.34. The number of amidine groups is 1. The van der Waals surface area contributed by atoms with Crippen molar-refractivity contribution in [1.82, 2.24) is 14.9 Å². The van der Waals surface area contributed by atoms with E-state index in [1.165, 1.54) is 12.4 Å². The number of sulfonamides is 1. The van der Waals surface area contributed by atoms with Crippen LogP contribution in [-0.4, -0.2) is 35.2 Å². The number of nitrogens with one attached hydrogen (secondary N) is 2. The molecule has 1 aromatic heterocycles. The van der Waals surface area contributed by atoms with Gasteiger partial charge in [-0.2, -0.15) is 9.82 Å². The highest BCUT2D eigenvalue weighted by atomic mass is 32.2. The molecule has 1 aliphatic carbocycles. The van der Waals surface area contributed by atoms with Crippen molar-refractivity contribution in [3.8, 4) is 0 Å². The van der Waals surface area contributed by atoms with Gasteiger partial charge in [-0.1, -0.05) is 37.3 Å². The molecule has 0 bridgehead atoms. The monoisotopic (exact) mass is 315 g/mol. The van der Waals surface area contributed by atoms with Crippen LogP contribution >= 0.6 is 0 Å². The van der Waals surface area contributed by atoms with E-state index in [9.17, 15) is 8.42 Å². The summed E-state index contributed by atoms with van der Waals surface area (Å²) >= 11 is 0. The number of hydrogen-bond acceptors (Lipinski definition) is 5. The van der Waals surface area contributed by atoms with Crippen LogP contribution in [0, 0.1) is 0 Å². The second-order valence-corrected chi connectivity index (χ2v) is 7.06. The van der Waals surface area contributed by atoms with Crippen molar-refractivity contribution in [1.29, 1.82) is 0 Å². The van der Waals surface area contributed by atoms with Crippen LogP contribution in [0.2, 0.25) is 0 Å². The van der Waals surface area contributed by atoms with Crippen molar-refractivity contribution in [2.45, 2.75) is 55.4 Å². The Balaban J connectivity index is 2.32. The molecule has 0 unspecified atom stereocenters. The van der Waals surface area contributed by atoms with Gasteiger partial charge in [0, 0.05) is 6.20 Å². The Hall–Kier alpha value is -1.61. The van der Waals surface area contributed by atoms with Crippen LogP contribution in [0.25, 0.3) is 0 Å². The van der Waals surface area contributed by atoms with Crippen LogP contribution in [-0.2, 0) is 10.0 Å². The second kappa shape index (κ2) is 6.44. The molecule has 0 atom stereocenters. The fourth-order valence-electron chi connectivity index (χ4n) is 2.72. The predicted molar refractivity (Wildman–Crippen MR) is 77.4 cm³/mol. The molecule has 0 amide bonds. The van der Waals surface area contributed by atoms with Crippen LogP contribution < -0.4 is 10.5 Å². The zero-order valence-electron chi connectivity index (χ0n) is 11.7. The molecule has 1 fully saturated rings. The molecule has 8 nitrogen and oxygen atoms in total. The summed E-state index contributed by atoms with van der Waals surface area (Å²) in [6.45, 7) is 0. The van der Waals surface area contributed by atoms with Crippen LogP contribution in [0.5, 0.6) is 0 Å². The third-order valence-corrected chi connectivity index (χ3v) is 5.42. The quantitative estimate of drug-likeness (QED) is 0.284. The average Bonchev–Trinajstić information content (AvgIpc) is 2.96. The summed E-state index contributed by atoms with van der Waals surface area (Å²) in [5.74, 6) is -0.0866. The smallest absolute Gasteiger partial charge is 0.244 e. The van der Waals surface area contributed by atoms with Gasteiger partial charge in [0.15, 0.2) is 5.84 Å². The number of H-pyrrole nitrogens is 1. The van der Waals surface area contributed by atoms with Gasteiger partial charge in [0.05, 0.1) is 11.7 Å². The van der Waals surface area contributed by atoms with Crippen molar-refractivity contribution in [3.63, 3.8) is 0 Å². The molecule has 0 saturated heterocycles. The molecule has 5 N–H and O–H groups in total. The largest absolute Gasteiger partial charge is 0.409 e. The summed E-state index contributed by atoms with van der Waals surface area (Å²) in [6, 6.07) is 0. The van der Waals surface area contributed by atoms with Gasteiger partial charge in [0.2, 0.25) is 10.0 Å². The number of nitrogens with two attached hydrogens (primary N) is 1. The molecule has 0 aromatic carbocycles. The van der Waals surface area contributed by atoms with Gasteiger partial charge < -0.3 is 10.9 Å². The van der Waals surface area contributed by atoms with E-state index in [-0.39, 0.29) is 10.7 Å². The summed E-state index contributed by atoms with van der Waals surface area (Å²) in [4.78, 5) is 0.0367. The summed E-state index contributed by atoms with van der Waals surface area (Å²) in [5.41, 5.74) is 4.78. The van der Waals surface area contributed by atoms with E-state index in [2.05, 4.69) is 20.1 Å². The van der Waals surface area contributed by atoms with Gasteiger partial charge in [0.1, 0.15) is 4.90 Å². The summed E-state index contributed by atoms with van der Waals surface area (Å²) in [6.07, 6.45) is 8.34. The third-order valence-electron chi connectivity index (χ3n) is 3.92. The maximum absolute atomic E-state index is 12.4. The molecule has 0 radical (unpaired) electrons. The fourth-order valence-corrected chi connectivity index (χ4v) is 4.06.